The van der Waals surface area contributed by atoms with Crippen LogP contribution in [0.15, 0.2) is 30.5 Å². The Hall–Kier alpha value is -3.56. The molecule has 0 aliphatic carbocycles. The summed E-state index contributed by atoms with van der Waals surface area (Å²) in [5.74, 6) is 0.794. The summed E-state index contributed by atoms with van der Waals surface area (Å²) in [6, 6.07) is 8.10. The average Bonchev–Trinajstić information content (AvgIpc) is 3.31. The van der Waals surface area contributed by atoms with E-state index in [0.29, 0.717) is 37.3 Å². The van der Waals surface area contributed by atoms with Crippen LogP contribution in [0.3, 0.4) is 0 Å². The fraction of sp³-hybridized carbons (Fsp3) is 0.600. The molecular formula is C30H45N7O3. The third-order valence-electron chi connectivity index (χ3n) is 7.41. The van der Waals surface area contributed by atoms with Crippen molar-refractivity contribution in [1.82, 2.24) is 24.5 Å². The summed E-state index contributed by atoms with van der Waals surface area (Å²) in [4.78, 5) is 24.3. The fourth-order valence-electron chi connectivity index (χ4n) is 5.20. The number of nitrogens with zero attached hydrogens (tertiary/aromatic N) is 5. The van der Waals surface area contributed by atoms with E-state index in [1.165, 1.54) is 0 Å². The van der Waals surface area contributed by atoms with Crippen LogP contribution >= 0.6 is 0 Å². The lowest BCUT2D eigenvalue weighted by molar-refractivity contribution is -0.0138. The van der Waals surface area contributed by atoms with Crippen LogP contribution in [0, 0.1) is 5.41 Å². The number of anilines is 2. The molecule has 1 aliphatic rings. The van der Waals surface area contributed by atoms with Gasteiger partial charge in [0, 0.05) is 30.4 Å². The van der Waals surface area contributed by atoms with Gasteiger partial charge in [-0.3, -0.25) is 0 Å². The van der Waals surface area contributed by atoms with Crippen LogP contribution in [-0.4, -0.2) is 55.4 Å². The number of benzene rings is 1. The van der Waals surface area contributed by atoms with E-state index in [2.05, 4.69) is 43.1 Å². The Bertz CT molecular complexity index is 1310. The fourth-order valence-corrected chi connectivity index (χ4v) is 5.20. The smallest absolute Gasteiger partial charge is 0.410 e. The second-order valence-electron chi connectivity index (χ2n) is 12.7. The quantitative estimate of drug-likeness (QED) is 0.310. The van der Waals surface area contributed by atoms with Crippen LogP contribution in [0.1, 0.15) is 91.2 Å². The van der Waals surface area contributed by atoms with E-state index in [0.717, 1.165) is 42.5 Å². The number of likely N-dealkylation sites (tertiary alicyclic amines) is 1. The standard InChI is InChI=1S/C30H45N7O3/c1-20(2)23-19-33-37-25(23)34-27(35-26(37)32-18-21-11-10-12-22(31)17-21)39-16-14-30(6,7)24-13-8-9-15-36(24)28(38)40-29(3,4)5/h10-12,17,19-20,24H,8-9,13-16,18,31H2,1-7H3,(H,32,34,35). The maximum absolute atomic E-state index is 13.0. The van der Waals surface area contributed by atoms with Gasteiger partial charge < -0.3 is 25.4 Å². The molecule has 1 unspecified atom stereocenters. The minimum absolute atomic E-state index is 0.0704. The summed E-state index contributed by atoms with van der Waals surface area (Å²) >= 11 is 0. The molecule has 0 radical (unpaired) electrons. The highest BCUT2D eigenvalue weighted by atomic mass is 16.6. The molecule has 1 fully saturated rings. The van der Waals surface area contributed by atoms with E-state index >= 15 is 0 Å². The second kappa shape index (κ2) is 11.9. The zero-order valence-electron chi connectivity index (χ0n) is 25.0. The lowest BCUT2D eigenvalue weighted by Crippen LogP contribution is -2.52. The van der Waals surface area contributed by atoms with Gasteiger partial charge in [-0.1, -0.05) is 39.8 Å². The number of hydrogen-bond donors (Lipinski definition) is 2. The highest BCUT2D eigenvalue weighted by molar-refractivity contribution is 5.68. The highest BCUT2D eigenvalue weighted by Gasteiger charge is 2.39. The molecule has 10 heteroatoms. The summed E-state index contributed by atoms with van der Waals surface area (Å²) in [6.07, 6.45) is 5.36. The molecule has 40 heavy (non-hydrogen) atoms. The second-order valence-corrected chi connectivity index (χ2v) is 12.7. The first kappa shape index (κ1) is 29.4. The van der Waals surface area contributed by atoms with E-state index in [9.17, 15) is 4.79 Å². The molecule has 0 saturated carbocycles. The lowest BCUT2D eigenvalue weighted by Gasteiger charge is -2.45. The summed E-state index contributed by atoms with van der Waals surface area (Å²) in [5, 5.41) is 7.92. The third-order valence-corrected chi connectivity index (χ3v) is 7.41. The van der Waals surface area contributed by atoms with Gasteiger partial charge in [0.2, 0.25) is 5.95 Å². The molecule has 3 aromatic rings. The molecule has 3 N–H and O–H groups in total. The maximum Gasteiger partial charge on any atom is 0.410 e. The topological polar surface area (TPSA) is 120 Å². The summed E-state index contributed by atoms with van der Waals surface area (Å²) in [5.41, 5.74) is 8.74. The van der Waals surface area contributed by atoms with Crippen molar-refractivity contribution >= 4 is 23.4 Å². The molecule has 10 nitrogen and oxygen atoms in total. The molecule has 1 aromatic carbocycles. The van der Waals surface area contributed by atoms with Crippen LogP contribution in [0.4, 0.5) is 16.4 Å². The SMILES string of the molecule is CC(C)c1cnn2c(NCc3cccc(N)c3)nc(OCCC(C)(C)C3CCCCN3C(=O)OC(C)(C)C)nc12. The van der Waals surface area contributed by atoms with Gasteiger partial charge in [-0.2, -0.15) is 19.6 Å². The van der Waals surface area contributed by atoms with E-state index in [4.69, 9.17) is 20.2 Å². The van der Waals surface area contributed by atoms with Crippen LogP contribution in [0.2, 0.25) is 0 Å². The van der Waals surface area contributed by atoms with Crippen molar-refractivity contribution in [3.8, 4) is 6.01 Å². The van der Waals surface area contributed by atoms with Gasteiger partial charge in [-0.15, -0.1) is 0 Å². The Morgan fingerprint density at radius 3 is 2.65 bits per heavy atom. The Balaban J connectivity index is 1.49. The number of ether oxygens (including phenoxy) is 2. The van der Waals surface area contributed by atoms with E-state index in [-0.39, 0.29) is 23.5 Å². The Morgan fingerprint density at radius 2 is 1.95 bits per heavy atom. The van der Waals surface area contributed by atoms with Gasteiger partial charge in [-0.25, -0.2) is 4.79 Å². The summed E-state index contributed by atoms with van der Waals surface area (Å²) < 4.78 is 13.6. The number of carbonyl (C=O) groups is 1. The number of piperidine rings is 1. The van der Waals surface area contributed by atoms with Crippen LogP contribution in [0.5, 0.6) is 6.01 Å². The molecule has 218 valence electrons. The van der Waals surface area contributed by atoms with Crippen molar-refractivity contribution in [3.63, 3.8) is 0 Å². The lowest BCUT2D eigenvalue weighted by atomic mass is 9.77. The molecule has 4 rings (SSSR count). The van der Waals surface area contributed by atoms with Crippen LogP contribution in [-0.2, 0) is 11.3 Å². The van der Waals surface area contributed by atoms with Gasteiger partial charge in [0.1, 0.15) is 5.60 Å². The molecule has 2 aromatic heterocycles. The zero-order chi connectivity index (χ0) is 29.1. The Morgan fingerprint density at radius 1 is 1.18 bits per heavy atom. The number of nitrogens with two attached hydrogens (primary N) is 1. The monoisotopic (exact) mass is 551 g/mol. The minimum Gasteiger partial charge on any atom is -0.463 e. The minimum atomic E-state index is -0.524. The number of aromatic nitrogens is 4. The predicted octanol–water partition coefficient (Wildman–Crippen LogP) is 6.03. The van der Waals surface area contributed by atoms with E-state index < -0.39 is 5.60 Å². The number of amides is 1. The molecule has 1 aliphatic heterocycles. The first-order valence-corrected chi connectivity index (χ1v) is 14.3. The largest absolute Gasteiger partial charge is 0.463 e. The van der Waals surface area contributed by atoms with Gasteiger partial charge >= 0.3 is 12.1 Å². The summed E-state index contributed by atoms with van der Waals surface area (Å²) in [7, 11) is 0. The first-order valence-electron chi connectivity index (χ1n) is 14.3. The van der Waals surface area contributed by atoms with Gasteiger partial charge in [0.05, 0.1) is 12.8 Å². The van der Waals surface area contributed by atoms with Gasteiger partial charge in [0.15, 0.2) is 5.65 Å². The zero-order valence-corrected chi connectivity index (χ0v) is 25.0. The molecule has 3 heterocycles. The molecule has 0 spiro atoms. The van der Waals surface area contributed by atoms with E-state index in [1.54, 1.807) is 4.52 Å². The normalized spacial score (nSPS) is 16.4. The predicted molar refractivity (Wildman–Crippen MR) is 158 cm³/mol. The molecular weight excluding hydrogens is 506 g/mol. The van der Waals surface area contributed by atoms with Crippen molar-refractivity contribution in [2.75, 3.05) is 24.2 Å². The number of nitrogen functional groups attached to an aromatic ring is 1. The van der Waals surface area contributed by atoms with Gasteiger partial charge in [0.25, 0.3) is 0 Å². The van der Waals surface area contributed by atoms with Crippen molar-refractivity contribution in [2.24, 2.45) is 5.41 Å². The van der Waals surface area contributed by atoms with Crippen molar-refractivity contribution < 1.29 is 14.3 Å². The van der Waals surface area contributed by atoms with Crippen LogP contribution in [0.25, 0.3) is 5.65 Å². The number of fused-ring (bicyclic) bond motifs is 1. The van der Waals surface area contributed by atoms with Gasteiger partial charge in [-0.05, 0) is 75.5 Å². The summed E-state index contributed by atoms with van der Waals surface area (Å²) in [6.45, 7) is 16.0. The van der Waals surface area contributed by atoms with Crippen molar-refractivity contribution in [2.45, 2.75) is 98.3 Å². The number of rotatable bonds is 9. The first-order chi connectivity index (χ1) is 18.8. The maximum atomic E-state index is 13.0. The third kappa shape index (κ3) is 7.14. The highest BCUT2D eigenvalue weighted by Crippen LogP contribution is 2.36. The number of carbonyl (C=O) groups excluding carboxylic acids is 1. The average molecular weight is 552 g/mol. The number of nitrogens with one attached hydrogen (secondary N) is 1. The molecule has 1 amide bonds. The molecule has 1 atom stereocenters. The van der Waals surface area contributed by atoms with Crippen molar-refractivity contribution in [1.29, 1.82) is 0 Å². The van der Waals surface area contributed by atoms with Crippen molar-refractivity contribution in [3.05, 3.63) is 41.6 Å². The Labute approximate surface area is 237 Å². The van der Waals surface area contributed by atoms with E-state index in [1.807, 2.05) is 56.1 Å². The van der Waals surface area contributed by atoms with Crippen LogP contribution < -0.4 is 15.8 Å². The number of hydrogen-bond acceptors (Lipinski definition) is 8. The Kier molecular flexibility index (Phi) is 8.75. The molecule has 1 saturated heterocycles. The molecule has 0 bridgehead atoms.